The second-order valence-electron chi connectivity index (χ2n) is 5.54. The Bertz CT molecular complexity index is 562. The fourth-order valence-electron chi connectivity index (χ4n) is 2.57. The fraction of sp³-hybridized carbons (Fsp3) is 0.500. The van der Waals surface area contributed by atoms with Crippen LogP contribution in [0.1, 0.15) is 18.4 Å². The van der Waals surface area contributed by atoms with Crippen LogP contribution in [0.3, 0.4) is 0 Å². The van der Waals surface area contributed by atoms with Gasteiger partial charge in [0.2, 0.25) is 11.8 Å². The van der Waals surface area contributed by atoms with E-state index in [1.807, 2.05) is 25.1 Å². The van der Waals surface area contributed by atoms with Gasteiger partial charge in [-0.1, -0.05) is 15.9 Å². The summed E-state index contributed by atoms with van der Waals surface area (Å²) in [6, 6.07) is 5.70. The van der Waals surface area contributed by atoms with Gasteiger partial charge in [0.15, 0.2) is 0 Å². The third-order valence-electron chi connectivity index (χ3n) is 3.81. The van der Waals surface area contributed by atoms with E-state index in [-0.39, 0.29) is 24.2 Å². The minimum atomic E-state index is -0.280. The molecule has 2 rings (SSSR count). The third kappa shape index (κ3) is 4.30. The molecule has 1 saturated heterocycles. The summed E-state index contributed by atoms with van der Waals surface area (Å²) in [6.07, 6.45) is 1.08. The van der Waals surface area contributed by atoms with Gasteiger partial charge in [-0.15, -0.1) is 0 Å². The summed E-state index contributed by atoms with van der Waals surface area (Å²) in [5, 5.41) is 2.92. The lowest BCUT2D eigenvalue weighted by atomic mass is 10.1. The summed E-state index contributed by atoms with van der Waals surface area (Å²) in [6.45, 7) is 3.70. The van der Waals surface area contributed by atoms with Gasteiger partial charge < -0.3 is 15.0 Å². The average Bonchev–Trinajstić information content (AvgIpc) is 2.84. The molecule has 0 radical (unpaired) electrons. The van der Waals surface area contributed by atoms with Crippen LogP contribution in [-0.4, -0.2) is 43.5 Å². The molecule has 1 fully saturated rings. The van der Waals surface area contributed by atoms with Crippen molar-refractivity contribution < 1.29 is 14.3 Å². The highest BCUT2D eigenvalue weighted by molar-refractivity contribution is 9.10. The van der Waals surface area contributed by atoms with Crippen LogP contribution in [0.2, 0.25) is 0 Å². The standard InChI is InChI=1S/C16H21BrN2O3/c1-11-8-13(17)4-5-14(11)18-16(21)12-9-15(20)19(10-12)6-3-7-22-2/h4-5,8,12H,3,6-7,9-10H2,1-2H3,(H,18,21). The SMILES string of the molecule is COCCCN1CC(C(=O)Nc2ccc(Br)cc2C)CC1=O. The zero-order valence-corrected chi connectivity index (χ0v) is 14.5. The molecular formula is C16H21BrN2O3. The highest BCUT2D eigenvalue weighted by atomic mass is 79.9. The van der Waals surface area contributed by atoms with Crippen LogP contribution in [0.15, 0.2) is 22.7 Å². The van der Waals surface area contributed by atoms with E-state index in [9.17, 15) is 9.59 Å². The molecule has 1 aliphatic rings. The number of aryl methyl sites for hydroxylation is 1. The zero-order valence-electron chi connectivity index (χ0n) is 12.9. The first kappa shape index (κ1) is 17.0. The minimum absolute atomic E-state index is 0.0452. The summed E-state index contributed by atoms with van der Waals surface area (Å²) >= 11 is 3.40. The van der Waals surface area contributed by atoms with Crippen LogP contribution in [-0.2, 0) is 14.3 Å². The topological polar surface area (TPSA) is 58.6 Å². The lowest BCUT2D eigenvalue weighted by Crippen LogP contribution is -2.29. The van der Waals surface area contributed by atoms with E-state index in [1.165, 1.54) is 0 Å². The molecule has 5 nitrogen and oxygen atoms in total. The van der Waals surface area contributed by atoms with E-state index in [0.29, 0.717) is 19.7 Å². The number of ether oxygens (including phenoxy) is 1. The molecule has 1 N–H and O–H groups in total. The Morgan fingerprint density at radius 1 is 1.50 bits per heavy atom. The van der Waals surface area contributed by atoms with Crippen molar-refractivity contribution in [3.05, 3.63) is 28.2 Å². The van der Waals surface area contributed by atoms with Crippen LogP contribution in [0.25, 0.3) is 0 Å². The van der Waals surface area contributed by atoms with Gasteiger partial charge >= 0.3 is 0 Å². The molecule has 1 atom stereocenters. The minimum Gasteiger partial charge on any atom is -0.385 e. The predicted octanol–water partition coefficient (Wildman–Crippen LogP) is 2.58. The molecule has 0 saturated carbocycles. The Hall–Kier alpha value is -1.40. The Kier molecular flexibility index (Phi) is 5.97. The van der Waals surface area contributed by atoms with Gasteiger partial charge in [0, 0.05) is 43.4 Å². The fourth-order valence-corrected chi connectivity index (χ4v) is 3.04. The Balaban J connectivity index is 1.92. The molecule has 1 unspecified atom stereocenters. The van der Waals surface area contributed by atoms with Crippen LogP contribution in [0.5, 0.6) is 0 Å². The van der Waals surface area contributed by atoms with E-state index < -0.39 is 0 Å². The molecule has 1 heterocycles. The summed E-state index contributed by atoms with van der Waals surface area (Å²) < 4.78 is 5.97. The molecule has 0 aromatic heterocycles. The van der Waals surface area contributed by atoms with Gasteiger partial charge in [-0.3, -0.25) is 9.59 Å². The maximum absolute atomic E-state index is 12.3. The van der Waals surface area contributed by atoms with Gasteiger partial charge in [0.05, 0.1) is 5.92 Å². The van der Waals surface area contributed by atoms with E-state index in [0.717, 1.165) is 22.1 Å². The number of nitrogens with one attached hydrogen (secondary N) is 1. The number of anilines is 1. The van der Waals surface area contributed by atoms with Crippen LogP contribution < -0.4 is 5.32 Å². The summed E-state index contributed by atoms with van der Waals surface area (Å²) in [5.41, 5.74) is 1.78. The maximum atomic E-state index is 12.3. The van der Waals surface area contributed by atoms with Crippen LogP contribution >= 0.6 is 15.9 Å². The largest absolute Gasteiger partial charge is 0.385 e. The van der Waals surface area contributed by atoms with E-state index >= 15 is 0 Å². The summed E-state index contributed by atoms with van der Waals surface area (Å²) in [5.74, 6) is -0.324. The number of methoxy groups -OCH3 is 1. The molecule has 22 heavy (non-hydrogen) atoms. The lowest BCUT2D eigenvalue weighted by molar-refractivity contribution is -0.128. The molecule has 1 aliphatic heterocycles. The van der Waals surface area contributed by atoms with Crippen molar-refractivity contribution in [2.75, 3.05) is 32.1 Å². The number of rotatable bonds is 6. The number of benzene rings is 1. The van der Waals surface area contributed by atoms with Gasteiger partial charge in [0.25, 0.3) is 0 Å². The van der Waals surface area contributed by atoms with Crippen molar-refractivity contribution in [2.24, 2.45) is 5.92 Å². The number of carbonyl (C=O) groups is 2. The second kappa shape index (κ2) is 7.74. The van der Waals surface area contributed by atoms with Crippen LogP contribution in [0.4, 0.5) is 5.69 Å². The van der Waals surface area contributed by atoms with Crippen molar-refractivity contribution >= 4 is 33.4 Å². The maximum Gasteiger partial charge on any atom is 0.229 e. The molecule has 0 bridgehead atoms. The molecule has 2 amide bonds. The van der Waals surface area contributed by atoms with Crippen molar-refractivity contribution in [1.29, 1.82) is 0 Å². The number of nitrogens with zero attached hydrogens (tertiary/aromatic N) is 1. The Morgan fingerprint density at radius 2 is 2.27 bits per heavy atom. The number of halogens is 1. The van der Waals surface area contributed by atoms with E-state index in [4.69, 9.17) is 4.74 Å². The number of amides is 2. The quantitative estimate of drug-likeness (QED) is 0.785. The lowest BCUT2D eigenvalue weighted by Gasteiger charge is -2.16. The molecule has 6 heteroatoms. The van der Waals surface area contributed by atoms with E-state index in [2.05, 4.69) is 21.2 Å². The smallest absolute Gasteiger partial charge is 0.229 e. The van der Waals surface area contributed by atoms with Crippen molar-refractivity contribution in [3.63, 3.8) is 0 Å². The monoisotopic (exact) mass is 368 g/mol. The summed E-state index contributed by atoms with van der Waals surface area (Å²) in [7, 11) is 1.64. The first-order valence-electron chi connectivity index (χ1n) is 7.35. The Labute approximate surface area is 139 Å². The van der Waals surface area contributed by atoms with Gasteiger partial charge in [-0.2, -0.15) is 0 Å². The first-order chi connectivity index (χ1) is 10.5. The molecule has 1 aromatic rings. The number of hydrogen-bond donors (Lipinski definition) is 1. The van der Waals surface area contributed by atoms with Crippen molar-refractivity contribution in [1.82, 2.24) is 4.90 Å². The Morgan fingerprint density at radius 3 is 2.95 bits per heavy atom. The number of likely N-dealkylation sites (tertiary alicyclic amines) is 1. The molecule has 1 aromatic carbocycles. The van der Waals surface area contributed by atoms with Crippen molar-refractivity contribution in [2.45, 2.75) is 19.8 Å². The van der Waals surface area contributed by atoms with E-state index in [1.54, 1.807) is 12.0 Å². The third-order valence-corrected chi connectivity index (χ3v) is 4.30. The van der Waals surface area contributed by atoms with Gasteiger partial charge in [-0.05, 0) is 37.1 Å². The van der Waals surface area contributed by atoms with Crippen molar-refractivity contribution in [3.8, 4) is 0 Å². The normalized spacial score (nSPS) is 17.9. The second-order valence-corrected chi connectivity index (χ2v) is 6.45. The average molecular weight is 369 g/mol. The van der Waals surface area contributed by atoms with Gasteiger partial charge in [-0.25, -0.2) is 0 Å². The highest BCUT2D eigenvalue weighted by Crippen LogP contribution is 2.23. The first-order valence-corrected chi connectivity index (χ1v) is 8.14. The predicted molar refractivity (Wildman–Crippen MR) is 88.7 cm³/mol. The van der Waals surface area contributed by atoms with Crippen LogP contribution in [0, 0.1) is 12.8 Å². The summed E-state index contributed by atoms with van der Waals surface area (Å²) in [4.78, 5) is 26.0. The molecule has 120 valence electrons. The molecular weight excluding hydrogens is 348 g/mol. The number of carbonyl (C=O) groups excluding carboxylic acids is 2. The molecule has 0 spiro atoms. The van der Waals surface area contributed by atoms with Gasteiger partial charge in [0.1, 0.15) is 0 Å². The number of hydrogen-bond acceptors (Lipinski definition) is 3. The zero-order chi connectivity index (χ0) is 16.1. The molecule has 0 aliphatic carbocycles. The highest BCUT2D eigenvalue weighted by Gasteiger charge is 2.34.